The summed E-state index contributed by atoms with van der Waals surface area (Å²) in [4.78, 5) is 11.3. The van der Waals surface area contributed by atoms with Crippen molar-refractivity contribution >= 4 is 5.91 Å². The van der Waals surface area contributed by atoms with Crippen LogP contribution in [0.4, 0.5) is 8.78 Å². The number of carbonyl (C=O) groups is 1. The summed E-state index contributed by atoms with van der Waals surface area (Å²) in [5.74, 6) is -0.360. The average molecular weight is 224 g/mol. The number of hydrogen-bond acceptors (Lipinski definition) is 3. The lowest BCUT2D eigenvalue weighted by Crippen LogP contribution is -2.36. The molecule has 15 heavy (non-hydrogen) atoms. The number of halogens is 2. The number of alkyl halides is 2. The Hall–Kier alpha value is -0.750. The Balaban J connectivity index is 3.46. The molecular formula is C9H18F2N2O2. The Bertz CT molecular complexity index is 175. The molecule has 6 heteroatoms. The van der Waals surface area contributed by atoms with Crippen LogP contribution in [-0.2, 0) is 9.53 Å². The molecule has 0 rings (SSSR count). The molecule has 0 aliphatic heterocycles. The smallest absolute Gasteiger partial charge is 0.261 e. The van der Waals surface area contributed by atoms with Crippen LogP contribution in [0.1, 0.15) is 13.3 Å². The van der Waals surface area contributed by atoms with E-state index in [1.807, 2.05) is 6.92 Å². The summed E-state index contributed by atoms with van der Waals surface area (Å²) in [6, 6.07) is 0. The van der Waals surface area contributed by atoms with Crippen LogP contribution < -0.4 is 11.1 Å². The Labute approximate surface area is 88.2 Å². The molecule has 3 N–H and O–H groups in total. The number of hydrogen-bond donors (Lipinski definition) is 2. The van der Waals surface area contributed by atoms with Crippen LogP contribution in [0.25, 0.3) is 0 Å². The van der Waals surface area contributed by atoms with Crippen LogP contribution in [0, 0.1) is 5.92 Å². The maximum Gasteiger partial charge on any atom is 0.261 e. The van der Waals surface area contributed by atoms with E-state index in [0.29, 0.717) is 13.0 Å². The molecule has 0 heterocycles. The van der Waals surface area contributed by atoms with Gasteiger partial charge in [0.2, 0.25) is 5.91 Å². The highest BCUT2D eigenvalue weighted by atomic mass is 19.3. The number of nitrogens with one attached hydrogen (secondary N) is 1. The highest BCUT2D eigenvalue weighted by molar-refractivity contribution is 5.78. The van der Waals surface area contributed by atoms with Gasteiger partial charge < -0.3 is 15.8 Å². The van der Waals surface area contributed by atoms with Gasteiger partial charge in [0, 0.05) is 19.0 Å². The van der Waals surface area contributed by atoms with Crippen LogP contribution in [0.5, 0.6) is 0 Å². The van der Waals surface area contributed by atoms with Gasteiger partial charge in [-0.3, -0.25) is 4.79 Å². The summed E-state index contributed by atoms with van der Waals surface area (Å²) < 4.78 is 27.9. The molecular weight excluding hydrogens is 206 g/mol. The summed E-state index contributed by atoms with van der Waals surface area (Å²) in [5.41, 5.74) is 5.36. The second-order valence-corrected chi connectivity index (χ2v) is 3.10. The Morgan fingerprint density at radius 2 is 2.20 bits per heavy atom. The monoisotopic (exact) mass is 224 g/mol. The van der Waals surface area contributed by atoms with Crippen molar-refractivity contribution in [3.05, 3.63) is 0 Å². The van der Waals surface area contributed by atoms with Gasteiger partial charge in [0.15, 0.2) is 0 Å². The molecule has 1 unspecified atom stereocenters. The fourth-order valence-corrected chi connectivity index (χ4v) is 1.02. The molecule has 4 nitrogen and oxygen atoms in total. The van der Waals surface area contributed by atoms with E-state index >= 15 is 0 Å². The van der Waals surface area contributed by atoms with E-state index in [9.17, 15) is 13.6 Å². The van der Waals surface area contributed by atoms with E-state index in [4.69, 9.17) is 5.73 Å². The molecule has 0 saturated heterocycles. The number of ether oxygens (including phenoxy) is 1. The molecule has 0 aromatic rings. The maximum absolute atomic E-state index is 11.6. The van der Waals surface area contributed by atoms with Gasteiger partial charge in [0.25, 0.3) is 6.43 Å². The maximum atomic E-state index is 11.6. The van der Waals surface area contributed by atoms with Gasteiger partial charge in [0.1, 0.15) is 6.61 Å². The predicted molar refractivity (Wildman–Crippen MR) is 52.7 cm³/mol. The summed E-state index contributed by atoms with van der Waals surface area (Å²) in [5, 5.41) is 2.57. The third kappa shape index (κ3) is 7.21. The van der Waals surface area contributed by atoms with Crippen LogP contribution in [0.3, 0.4) is 0 Å². The van der Waals surface area contributed by atoms with Crippen molar-refractivity contribution in [2.24, 2.45) is 11.7 Å². The zero-order valence-electron chi connectivity index (χ0n) is 8.84. The topological polar surface area (TPSA) is 64.4 Å². The van der Waals surface area contributed by atoms with Crippen molar-refractivity contribution in [1.29, 1.82) is 0 Å². The lowest BCUT2D eigenvalue weighted by Gasteiger charge is -2.12. The van der Waals surface area contributed by atoms with Gasteiger partial charge in [-0.05, 0) is 6.42 Å². The van der Waals surface area contributed by atoms with Gasteiger partial charge in [-0.2, -0.15) is 0 Å². The van der Waals surface area contributed by atoms with Crippen molar-refractivity contribution in [2.45, 2.75) is 19.8 Å². The van der Waals surface area contributed by atoms with Crippen LogP contribution in [-0.4, -0.2) is 38.6 Å². The van der Waals surface area contributed by atoms with Crippen LogP contribution in [0.15, 0.2) is 0 Å². The van der Waals surface area contributed by atoms with Gasteiger partial charge in [-0.15, -0.1) is 0 Å². The molecule has 0 aromatic carbocycles. The van der Waals surface area contributed by atoms with Gasteiger partial charge >= 0.3 is 0 Å². The number of rotatable bonds is 8. The van der Waals surface area contributed by atoms with Crippen LogP contribution >= 0.6 is 0 Å². The lowest BCUT2D eigenvalue weighted by molar-refractivity contribution is -0.125. The summed E-state index contributed by atoms with van der Waals surface area (Å²) in [7, 11) is 0. The summed E-state index contributed by atoms with van der Waals surface area (Å²) in [6.45, 7) is 1.90. The summed E-state index contributed by atoms with van der Waals surface area (Å²) in [6.07, 6.45) is -1.80. The van der Waals surface area contributed by atoms with Gasteiger partial charge in [0.05, 0.1) is 6.61 Å². The second kappa shape index (κ2) is 8.55. The fourth-order valence-electron chi connectivity index (χ4n) is 1.02. The Morgan fingerprint density at radius 3 is 2.67 bits per heavy atom. The normalized spacial score (nSPS) is 12.9. The first-order valence-electron chi connectivity index (χ1n) is 4.95. The van der Waals surface area contributed by atoms with E-state index in [2.05, 4.69) is 10.1 Å². The van der Waals surface area contributed by atoms with Crippen molar-refractivity contribution in [3.8, 4) is 0 Å². The minimum atomic E-state index is -2.46. The number of amides is 1. The molecule has 1 amide bonds. The lowest BCUT2D eigenvalue weighted by atomic mass is 10.1. The molecule has 90 valence electrons. The predicted octanol–water partition coefficient (Wildman–Crippen LogP) is 0.369. The summed E-state index contributed by atoms with van der Waals surface area (Å²) >= 11 is 0. The minimum absolute atomic E-state index is 0.0943. The molecule has 1 atom stereocenters. The first-order valence-corrected chi connectivity index (χ1v) is 4.95. The van der Waals surface area contributed by atoms with Crippen molar-refractivity contribution in [1.82, 2.24) is 5.32 Å². The third-order valence-electron chi connectivity index (χ3n) is 1.94. The van der Waals surface area contributed by atoms with Gasteiger partial charge in [-0.1, -0.05) is 6.92 Å². The van der Waals surface area contributed by atoms with E-state index in [1.165, 1.54) is 0 Å². The standard InChI is InChI=1S/C9H18F2N2O2/c1-2-7(5-12)9(14)13-3-4-15-6-8(10)11/h7-8H,2-6,12H2,1H3,(H,13,14). The molecule has 0 aliphatic rings. The Kier molecular flexibility index (Phi) is 8.12. The largest absolute Gasteiger partial charge is 0.374 e. The van der Waals surface area contributed by atoms with Gasteiger partial charge in [-0.25, -0.2) is 8.78 Å². The quantitative estimate of drug-likeness (QED) is 0.585. The second-order valence-electron chi connectivity index (χ2n) is 3.10. The van der Waals surface area contributed by atoms with Crippen molar-refractivity contribution < 1.29 is 18.3 Å². The first-order chi connectivity index (χ1) is 7.11. The molecule has 0 spiro atoms. The molecule has 0 bridgehead atoms. The highest BCUT2D eigenvalue weighted by Gasteiger charge is 2.13. The van der Waals surface area contributed by atoms with Crippen molar-refractivity contribution in [2.75, 3.05) is 26.3 Å². The third-order valence-corrected chi connectivity index (χ3v) is 1.94. The molecule has 0 fully saturated rings. The van der Waals surface area contributed by atoms with E-state index in [-0.39, 0.29) is 25.0 Å². The van der Waals surface area contributed by atoms with E-state index < -0.39 is 13.0 Å². The zero-order valence-corrected chi connectivity index (χ0v) is 8.84. The van der Waals surface area contributed by atoms with E-state index in [1.54, 1.807) is 0 Å². The highest BCUT2D eigenvalue weighted by Crippen LogP contribution is 1.98. The Morgan fingerprint density at radius 1 is 1.53 bits per heavy atom. The molecule has 0 radical (unpaired) electrons. The first kappa shape index (κ1) is 14.2. The van der Waals surface area contributed by atoms with Crippen LogP contribution in [0.2, 0.25) is 0 Å². The molecule has 0 aromatic heterocycles. The SMILES string of the molecule is CCC(CN)C(=O)NCCOCC(F)F. The zero-order chi connectivity index (χ0) is 11.7. The molecule has 0 aliphatic carbocycles. The fraction of sp³-hybridized carbons (Fsp3) is 0.889. The molecule has 0 saturated carbocycles. The average Bonchev–Trinajstić information content (AvgIpc) is 2.18. The minimum Gasteiger partial charge on any atom is -0.374 e. The number of nitrogens with two attached hydrogens (primary N) is 1. The van der Waals surface area contributed by atoms with Crippen molar-refractivity contribution in [3.63, 3.8) is 0 Å². The van der Waals surface area contributed by atoms with E-state index in [0.717, 1.165) is 0 Å². The number of carbonyl (C=O) groups excluding carboxylic acids is 1.